The molecule has 0 aliphatic rings. The van der Waals surface area contributed by atoms with Crippen LogP contribution < -0.4 is 15.9 Å². The SMILES string of the molecule is NC(CC(=O)[O-])C(=O)[O-].[Fe+2]. The van der Waals surface area contributed by atoms with Gasteiger partial charge >= 0.3 is 17.1 Å². The molecular weight excluding hydrogens is 182 g/mol. The number of rotatable bonds is 3. The Morgan fingerprint density at radius 1 is 1.40 bits per heavy atom. The van der Waals surface area contributed by atoms with Gasteiger partial charge in [0.25, 0.3) is 0 Å². The van der Waals surface area contributed by atoms with Crippen molar-refractivity contribution in [3.8, 4) is 0 Å². The van der Waals surface area contributed by atoms with Crippen molar-refractivity contribution in [2.45, 2.75) is 12.5 Å². The zero-order valence-corrected chi connectivity index (χ0v) is 5.95. The molecule has 0 aliphatic heterocycles. The standard InChI is InChI=1S/C4H7NO4.Fe/c5-2(4(8)9)1-3(6)7;/h2H,1,5H2,(H,6,7)(H,8,9);/q;+2/p-2. The summed E-state index contributed by atoms with van der Waals surface area (Å²) in [6, 6.07) is -1.46. The van der Waals surface area contributed by atoms with Crippen LogP contribution in [0.1, 0.15) is 6.42 Å². The van der Waals surface area contributed by atoms with Gasteiger partial charge in [0.15, 0.2) is 0 Å². The number of carboxylic acid groups (broad SMARTS) is 2. The molecule has 0 bridgehead atoms. The molecule has 0 rings (SSSR count). The van der Waals surface area contributed by atoms with Crippen LogP contribution in [0.4, 0.5) is 0 Å². The molecule has 0 saturated carbocycles. The van der Waals surface area contributed by atoms with Crippen molar-refractivity contribution < 1.29 is 36.9 Å². The van der Waals surface area contributed by atoms with E-state index in [0.717, 1.165) is 0 Å². The van der Waals surface area contributed by atoms with Gasteiger partial charge in [0.2, 0.25) is 0 Å². The molecule has 0 amide bonds. The zero-order valence-electron chi connectivity index (χ0n) is 4.85. The molecular formula is C4H5FeNO4. The van der Waals surface area contributed by atoms with E-state index in [2.05, 4.69) is 0 Å². The number of hydrogen-bond donors (Lipinski definition) is 1. The van der Waals surface area contributed by atoms with Crippen LogP contribution in [0.5, 0.6) is 0 Å². The summed E-state index contributed by atoms with van der Waals surface area (Å²) in [4.78, 5) is 19.3. The van der Waals surface area contributed by atoms with Gasteiger partial charge in [-0.25, -0.2) is 0 Å². The van der Waals surface area contributed by atoms with Crippen molar-refractivity contribution in [1.82, 2.24) is 0 Å². The van der Waals surface area contributed by atoms with Crippen molar-refractivity contribution in [2.75, 3.05) is 0 Å². The van der Waals surface area contributed by atoms with E-state index in [1.54, 1.807) is 0 Å². The number of hydrogen-bond acceptors (Lipinski definition) is 5. The molecule has 6 heteroatoms. The summed E-state index contributed by atoms with van der Waals surface area (Å²) in [7, 11) is 0. The maximum atomic E-state index is 9.71. The van der Waals surface area contributed by atoms with Crippen LogP contribution in [-0.4, -0.2) is 18.0 Å². The first-order valence-corrected chi connectivity index (χ1v) is 2.20. The maximum absolute atomic E-state index is 9.71. The molecule has 0 aromatic carbocycles. The molecule has 58 valence electrons. The van der Waals surface area contributed by atoms with Crippen molar-refractivity contribution in [3.05, 3.63) is 0 Å². The van der Waals surface area contributed by atoms with E-state index in [0.29, 0.717) is 0 Å². The Morgan fingerprint density at radius 3 is 1.90 bits per heavy atom. The van der Waals surface area contributed by atoms with Gasteiger partial charge in [-0.1, -0.05) is 0 Å². The van der Waals surface area contributed by atoms with E-state index in [1.807, 2.05) is 0 Å². The Bertz CT molecular complexity index is 137. The van der Waals surface area contributed by atoms with E-state index in [1.165, 1.54) is 0 Å². The van der Waals surface area contributed by atoms with E-state index < -0.39 is 24.4 Å². The van der Waals surface area contributed by atoms with Crippen LogP contribution in [0.15, 0.2) is 0 Å². The maximum Gasteiger partial charge on any atom is 2.00 e. The minimum Gasteiger partial charge on any atom is -0.550 e. The molecule has 0 spiro atoms. The van der Waals surface area contributed by atoms with Gasteiger partial charge in [0.05, 0.1) is 5.97 Å². The van der Waals surface area contributed by atoms with Crippen LogP contribution in [0, 0.1) is 0 Å². The number of carbonyl (C=O) groups is 2. The molecule has 0 fully saturated rings. The van der Waals surface area contributed by atoms with E-state index in [-0.39, 0.29) is 17.1 Å². The summed E-state index contributed by atoms with van der Waals surface area (Å²) in [6.45, 7) is 0. The van der Waals surface area contributed by atoms with Gasteiger partial charge in [0, 0.05) is 18.4 Å². The van der Waals surface area contributed by atoms with Crippen molar-refractivity contribution in [3.63, 3.8) is 0 Å². The van der Waals surface area contributed by atoms with Crippen LogP contribution in [0.3, 0.4) is 0 Å². The molecule has 0 heterocycles. The third-order valence-electron chi connectivity index (χ3n) is 0.689. The quantitative estimate of drug-likeness (QED) is 0.456. The predicted octanol–water partition coefficient (Wildman–Crippen LogP) is -3.80. The summed E-state index contributed by atoms with van der Waals surface area (Å²) >= 11 is 0. The summed E-state index contributed by atoms with van der Waals surface area (Å²) < 4.78 is 0. The van der Waals surface area contributed by atoms with Crippen molar-refractivity contribution in [2.24, 2.45) is 5.73 Å². The Hall–Kier alpha value is -0.581. The topological polar surface area (TPSA) is 106 Å². The normalized spacial score (nSPS) is 11.3. The summed E-state index contributed by atoms with van der Waals surface area (Å²) in [5.41, 5.74) is 4.73. The molecule has 10 heavy (non-hydrogen) atoms. The fraction of sp³-hybridized carbons (Fsp3) is 0.500. The van der Waals surface area contributed by atoms with Crippen molar-refractivity contribution >= 4 is 11.9 Å². The second kappa shape index (κ2) is 5.22. The summed E-state index contributed by atoms with van der Waals surface area (Å²) in [5.74, 6) is -3.08. The van der Waals surface area contributed by atoms with E-state index >= 15 is 0 Å². The van der Waals surface area contributed by atoms with Crippen LogP contribution in [-0.2, 0) is 26.7 Å². The minimum atomic E-state index is -1.58. The molecule has 0 radical (unpaired) electrons. The average Bonchev–Trinajstić information content (AvgIpc) is 1.63. The molecule has 0 saturated heterocycles. The Kier molecular flexibility index (Phi) is 6.34. The van der Waals surface area contributed by atoms with Crippen LogP contribution in [0.25, 0.3) is 0 Å². The molecule has 0 aliphatic carbocycles. The Balaban J connectivity index is 0. The number of carboxylic acids is 2. The summed E-state index contributed by atoms with van der Waals surface area (Å²) in [6.07, 6.45) is -0.706. The molecule has 1 unspecified atom stereocenters. The first-order valence-electron chi connectivity index (χ1n) is 2.20. The van der Waals surface area contributed by atoms with Crippen molar-refractivity contribution in [1.29, 1.82) is 0 Å². The Labute approximate surface area is 67.7 Å². The third kappa shape index (κ3) is 5.55. The molecule has 1 atom stereocenters. The van der Waals surface area contributed by atoms with Gasteiger partial charge in [-0.2, -0.15) is 0 Å². The molecule has 0 aromatic heterocycles. The molecule has 5 nitrogen and oxygen atoms in total. The van der Waals surface area contributed by atoms with Crippen LogP contribution in [0.2, 0.25) is 0 Å². The monoisotopic (exact) mass is 187 g/mol. The second-order valence-electron chi connectivity index (χ2n) is 1.50. The van der Waals surface area contributed by atoms with Gasteiger partial charge in [0.1, 0.15) is 0 Å². The number of aliphatic carboxylic acids is 2. The fourth-order valence-electron chi connectivity index (χ4n) is 0.263. The second-order valence-corrected chi connectivity index (χ2v) is 1.50. The largest absolute Gasteiger partial charge is 2.00 e. The van der Waals surface area contributed by atoms with E-state index in [4.69, 9.17) is 5.73 Å². The minimum absolute atomic E-state index is 0. The smallest absolute Gasteiger partial charge is 0.550 e. The fourth-order valence-corrected chi connectivity index (χ4v) is 0.263. The first-order chi connectivity index (χ1) is 4.04. The van der Waals surface area contributed by atoms with Gasteiger partial charge < -0.3 is 25.5 Å². The van der Waals surface area contributed by atoms with Gasteiger partial charge in [-0.05, 0) is 0 Å². The average molecular weight is 187 g/mol. The van der Waals surface area contributed by atoms with Gasteiger partial charge in [-0.15, -0.1) is 0 Å². The number of carbonyl (C=O) groups excluding carboxylic acids is 2. The van der Waals surface area contributed by atoms with Gasteiger partial charge in [-0.3, -0.25) is 0 Å². The predicted molar refractivity (Wildman–Crippen MR) is 22.6 cm³/mol. The van der Waals surface area contributed by atoms with Crippen LogP contribution >= 0.6 is 0 Å². The molecule has 2 N–H and O–H groups in total. The Morgan fingerprint density at radius 2 is 1.80 bits per heavy atom. The molecule has 0 aromatic rings. The first kappa shape index (κ1) is 12.1. The van der Waals surface area contributed by atoms with E-state index in [9.17, 15) is 19.8 Å². The summed E-state index contributed by atoms with van der Waals surface area (Å²) in [5, 5.41) is 19.3. The number of nitrogens with two attached hydrogens (primary N) is 1. The third-order valence-corrected chi connectivity index (χ3v) is 0.689. The zero-order chi connectivity index (χ0) is 7.44.